The van der Waals surface area contributed by atoms with Gasteiger partial charge in [0.15, 0.2) is 11.6 Å². The van der Waals surface area contributed by atoms with E-state index in [0.29, 0.717) is 16.5 Å². The highest BCUT2D eigenvalue weighted by molar-refractivity contribution is 6.32. The molecular formula is C14H13ClFNO. The summed E-state index contributed by atoms with van der Waals surface area (Å²) < 4.78 is 19.1. The number of anilines is 1. The first-order valence-electron chi connectivity index (χ1n) is 5.47. The highest BCUT2D eigenvalue weighted by Gasteiger charge is 2.08. The Morgan fingerprint density at radius 1 is 1.11 bits per heavy atom. The van der Waals surface area contributed by atoms with Gasteiger partial charge < -0.3 is 10.5 Å². The first-order chi connectivity index (χ1) is 8.47. The van der Waals surface area contributed by atoms with Gasteiger partial charge in [-0.3, -0.25) is 0 Å². The van der Waals surface area contributed by atoms with Crippen molar-refractivity contribution in [2.75, 3.05) is 5.73 Å². The topological polar surface area (TPSA) is 35.2 Å². The molecule has 0 amide bonds. The van der Waals surface area contributed by atoms with Crippen LogP contribution in [-0.4, -0.2) is 0 Å². The number of rotatable bonds is 2. The van der Waals surface area contributed by atoms with Crippen molar-refractivity contribution in [2.24, 2.45) is 0 Å². The van der Waals surface area contributed by atoms with Crippen LogP contribution in [-0.2, 0) is 0 Å². The molecule has 94 valence electrons. The van der Waals surface area contributed by atoms with Gasteiger partial charge >= 0.3 is 0 Å². The molecule has 0 fully saturated rings. The molecule has 0 heterocycles. The molecule has 0 bridgehead atoms. The Labute approximate surface area is 110 Å². The van der Waals surface area contributed by atoms with Crippen LogP contribution in [0.5, 0.6) is 11.5 Å². The van der Waals surface area contributed by atoms with E-state index in [1.54, 1.807) is 18.2 Å². The molecule has 2 rings (SSSR count). The van der Waals surface area contributed by atoms with Crippen molar-refractivity contribution in [3.05, 3.63) is 52.3 Å². The van der Waals surface area contributed by atoms with Crippen LogP contribution in [0.25, 0.3) is 0 Å². The molecule has 2 aromatic rings. The number of aryl methyl sites for hydroxylation is 2. The highest BCUT2D eigenvalue weighted by atomic mass is 35.5. The summed E-state index contributed by atoms with van der Waals surface area (Å²) in [7, 11) is 0. The van der Waals surface area contributed by atoms with Gasteiger partial charge in [-0.25, -0.2) is 4.39 Å². The number of halogens is 2. The minimum Gasteiger partial charge on any atom is -0.454 e. The average Bonchev–Trinajstić information content (AvgIpc) is 2.29. The van der Waals surface area contributed by atoms with Crippen molar-refractivity contribution >= 4 is 17.3 Å². The summed E-state index contributed by atoms with van der Waals surface area (Å²) in [5, 5.41) is 0.695. The van der Waals surface area contributed by atoms with Gasteiger partial charge in [-0.2, -0.15) is 0 Å². The Morgan fingerprint density at radius 3 is 2.28 bits per heavy atom. The van der Waals surface area contributed by atoms with Crippen LogP contribution in [0.4, 0.5) is 10.1 Å². The number of ether oxygens (including phenoxy) is 1. The smallest absolute Gasteiger partial charge is 0.167 e. The molecule has 0 aliphatic rings. The van der Waals surface area contributed by atoms with Gasteiger partial charge in [0.1, 0.15) is 5.75 Å². The Kier molecular flexibility index (Phi) is 3.43. The van der Waals surface area contributed by atoms with Gasteiger partial charge in [0.25, 0.3) is 0 Å². The minimum absolute atomic E-state index is 0.144. The summed E-state index contributed by atoms with van der Waals surface area (Å²) in [6.07, 6.45) is 0. The summed E-state index contributed by atoms with van der Waals surface area (Å²) >= 11 is 6.06. The molecule has 0 saturated heterocycles. The summed E-state index contributed by atoms with van der Waals surface area (Å²) in [5.41, 5.74) is 7.62. The molecule has 18 heavy (non-hydrogen) atoms. The first kappa shape index (κ1) is 12.7. The third kappa shape index (κ3) is 2.57. The third-order valence-electron chi connectivity index (χ3n) is 2.59. The van der Waals surface area contributed by atoms with Gasteiger partial charge in [0.2, 0.25) is 0 Å². The van der Waals surface area contributed by atoms with Crippen molar-refractivity contribution in [3.8, 4) is 11.5 Å². The zero-order chi connectivity index (χ0) is 13.3. The molecule has 2 N–H and O–H groups in total. The third-order valence-corrected chi connectivity index (χ3v) is 3.19. The predicted octanol–water partition coefficient (Wildman–Crippen LogP) is 4.47. The number of nitrogens with two attached hydrogens (primary N) is 1. The molecule has 0 unspecified atom stereocenters. The van der Waals surface area contributed by atoms with Crippen LogP contribution < -0.4 is 10.5 Å². The van der Waals surface area contributed by atoms with Crippen LogP contribution >= 0.6 is 11.6 Å². The van der Waals surface area contributed by atoms with Crippen molar-refractivity contribution in [3.63, 3.8) is 0 Å². The fourth-order valence-electron chi connectivity index (χ4n) is 1.69. The lowest BCUT2D eigenvalue weighted by Crippen LogP contribution is -1.92. The van der Waals surface area contributed by atoms with E-state index >= 15 is 0 Å². The van der Waals surface area contributed by atoms with E-state index in [9.17, 15) is 4.39 Å². The van der Waals surface area contributed by atoms with E-state index in [4.69, 9.17) is 22.1 Å². The second-order valence-corrected chi connectivity index (χ2v) is 4.54. The van der Waals surface area contributed by atoms with E-state index in [1.807, 2.05) is 13.8 Å². The van der Waals surface area contributed by atoms with Crippen LogP contribution in [0.15, 0.2) is 30.3 Å². The summed E-state index contributed by atoms with van der Waals surface area (Å²) in [6.45, 7) is 3.75. The minimum atomic E-state index is -0.486. The molecule has 0 aliphatic heterocycles. The Hall–Kier alpha value is -1.74. The zero-order valence-corrected chi connectivity index (χ0v) is 10.9. The van der Waals surface area contributed by atoms with Gasteiger partial charge in [-0.15, -0.1) is 0 Å². The molecule has 4 heteroatoms. The maximum atomic E-state index is 13.6. The fourth-order valence-corrected chi connectivity index (χ4v) is 1.80. The first-order valence-corrected chi connectivity index (χ1v) is 5.85. The summed E-state index contributed by atoms with van der Waals surface area (Å²) in [6, 6.07) is 7.86. The Balaban J connectivity index is 2.34. The number of nitrogen functional groups attached to an aromatic ring is 1. The van der Waals surface area contributed by atoms with Gasteiger partial charge in [0.05, 0.1) is 0 Å². The fraction of sp³-hybridized carbons (Fsp3) is 0.143. The van der Waals surface area contributed by atoms with Crippen molar-refractivity contribution < 1.29 is 9.13 Å². The standard InChI is InChI=1S/C14H13ClFNO/c1-8-5-11(6-9(2)14(8)15)18-13-4-3-10(17)7-12(13)16/h3-7H,17H2,1-2H3. The predicted molar refractivity (Wildman–Crippen MR) is 71.8 cm³/mol. The second kappa shape index (κ2) is 4.86. The summed E-state index contributed by atoms with van der Waals surface area (Å²) in [5.74, 6) is 0.212. The maximum absolute atomic E-state index is 13.6. The second-order valence-electron chi connectivity index (χ2n) is 4.16. The monoisotopic (exact) mass is 265 g/mol. The lowest BCUT2D eigenvalue weighted by molar-refractivity contribution is 0.442. The maximum Gasteiger partial charge on any atom is 0.167 e. The van der Waals surface area contributed by atoms with Crippen LogP contribution in [0, 0.1) is 19.7 Å². The molecule has 0 spiro atoms. The largest absolute Gasteiger partial charge is 0.454 e. The quantitative estimate of drug-likeness (QED) is 0.813. The van der Waals surface area contributed by atoms with Gasteiger partial charge in [-0.05, 0) is 49.2 Å². The molecule has 2 nitrogen and oxygen atoms in total. The zero-order valence-electron chi connectivity index (χ0n) is 10.1. The van der Waals surface area contributed by atoms with Crippen LogP contribution in [0.2, 0.25) is 5.02 Å². The molecule has 0 saturated carbocycles. The normalized spacial score (nSPS) is 10.4. The average molecular weight is 266 g/mol. The van der Waals surface area contributed by atoms with E-state index in [1.165, 1.54) is 12.1 Å². The van der Waals surface area contributed by atoms with Crippen molar-refractivity contribution in [1.29, 1.82) is 0 Å². The van der Waals surface area contributed by atoms with Crippen molar-refractivity contribution in [2.45, 2.75) is 13.8 Å². The van der Waals surface area contributed by atoms with E-state index in [-0.39, 0.29) is 5.75 Å². The molecule has 2 aromatic carbocycles. The lowest BCUT2D eigenvalue weighted by Gasteiger charge is -2.10. The Morgan fingerprint density at radius 2 is 1.72 bits per heavy atom. The Bertz CT molecular complexity index is 575. The number of hydrogen-bond donors (Lipinski definition) is 1. The molecular weight excluding hydrogens is 253 g/mol. The van der Waals surface area contributed by atoms with E-state index in [2.05, 4.69) is 0 Å². The van der Waals surface area contributed by atoms with Crippen LogP contribution in [0.1, 0.15) is 11.1 Å². The van der Waals surface area contributed by atoms with E-state index < -0.39 is 5.82 Å². The molecule has 0 radical (unpaired) electrons. The highest BCUT2D eigenvalue weighted by Crippen LogP contribution is 2.30. The van der Waals surface area contributed by atoms with E-state index in [0.717, 1.165) is 11.1 Å². The van der Waals surface area contributed by atoms with Gasteiger partial charge in [0, 0.05) is 16.8 Å². The lowest BCUT2D eigenvalue weighted by atomic mass is 10.1. The molecule has 0 aliphatic carbocycles. The molecule has 0 aromatic heterocycles. The SMILES string of the molecule is Cc1cc(Oc2ccc(N)cc2F)cc(C)c1Cl. The molecule has 0 atom stereocenters. The summed E-state index contributed by atoms with van der Waals surface area (Å²) in [4.78, 5) is 0. The van der Waals surface area contributed by atoms with Gasteiger partial charge in [-0.1, -0.05) is 11.6 Å². The van der Waals surface area contributed by atoms with Crippen molar-refractivity contribution in [1.82, 2.24) is 0 Å². The number of hydrogen-bond acceptors (Lipinski definition) is 2. The number of benzene rings is 2. The van der Waals surface area contributed by atoms with Crippen LogP contribution in [0.3, 0.4) is 0 Å².